The number of carbonyl (C=O) groups is 1. The topological polar surface area (TPSA) is 49.3 Å². The van der Waals surface area contributed by atoms with Crippen LogP contribution in [-0.2, 0) is 4.79 Å². The van der Waals surface area contributed by atoms with Gasteiger partial charge in [0.05, 0.1) is 0 Å². The van der Waals surface area contributed by atoms with Crippen molar-refractivity contribution < 1.29 is 9.90 Å². The van der Waals surface area contributed by atoms with Crippen LogP contribution in [0.3, 0.4) is 0 Å². The average molecular weight is 339 g/mol. The minimum atomic E-state index is -0.787. The first-order chi connectivity index (χ1) is 7.24. The third-order valence-corrected chi connectivity index (χ3v) is 4.63. The Balaban J connectivity index is 2.43. The van der Waals surface area contributed by atoms with Crippen LogP contribution in [0, 0.1) is 0 Å². The molecule has 0 heterocycles. The number of thiol groups is 1. The van der Waals surface area contributed by atoms with Crippen molar-refractivity contribution in [2.45, 2.75) is 12.5 Å². The van der Waals surface area contributed by atoms with Gasteiger partial charge in [-0.3, -0.25) is 0 Å². The van der Waals surface area contributed by atoms with Crippen LogP contribution in [0.2, 0.25) is 0 Å². The molecule has 0 radical (unpaired) electrons. The van der Waals surface area contributed by atoms with Gasteiger partial charge in [-0.1, -0.05) is 0 Å². The second kappa shape index (κ2) is 7.13. The second-order valence-corrected chi connectivity index (χ2v) is 5.98. The van der Waals surface area contributed by atoms with Crippen LogP contribution < -0.4 is 7.18 Å². The van der Waals surface area contributed by atoms with Gasteiger partial charge in [0.1, 0.15) is 0 Å². The predicted octanol–water partition coefficient (Wildman–Crippen LogP) is 0.294. The number of carboxylic acids is 1. The van der Waals surface area contributed by atoms with Crippen molar-refractivity contribution in [1.29, 1.82) is 0 Å². The first-order valence-electron chi connectivity index (χ1n) is 4.55. The van der Waals surface area contributed by atoms with Gasteiger partial charge in [0.25, 0.3) is 0 Å². The van der Waals surface area contributed by atoms with E-state index in [4.69, 9.17) is 5.11 Å². The van der Waals surface area contributed by atoms with E-state index in [1.807, 2.05) is 30.3 Å². The SMILES string of the molecule is O=C(O)C(CCS)N[Te]c1ccccc1. The molecule has 5 heteroatoms. The summed E-state index contributed by atoms with van der Waals surface area (Å²) >= 11 is 3.44. The molecule has 82 valence electrons. The number of hydrogen-bond donors (Lipinski definition) is 3. The van der Waals surface area contributed by atoms with E-state index in [9.17, 15) is 4.79 Å². The molecule has 0 aliphatic carbocycles. The normalized spacial score (nSPS) is 12.3. The van der Waals surface area contributed by atoms with Crippen molar-refractivity contribution in [2.75, 3.05) is 5.75 Å². The zero-order valence-corrected chi connectivity index (χ0v) is 11.3. The van der Waals surface area contributed by atoms with Crippen LogP contribution in [-0.4, -0.2) is 44.1 Å². The Labute approximate surface area is 105 Å². The molecule has 1 aromatic rings. The Morgan fingerprint density at radius 1 is 1.47 bits per heavy atom. The Bertz CT molecular complexity index is 308. The van der Waals surface area contributed by atoms with Crippen LogP contribution in [0.15, 0.2) is 30.3 Å². The van der Waals surface area contributed by atoms with Crippen LogP contribution >= 0.6 is 12.6 Å². The summed E-state index contributed by atoms with van der Waals surface area (Å²) in [4.78, 5) is 10.8. The van der Waals surface area contributed by atoms with Crippen LogP contribution in [0.25, 0.3) is 0 Å². The zero-order chi connectivity index (χ0) is 11.1. The molecule has 3 nitrogen and oxygen atoms in total. The molecule has 0 amide bonds. The fraction of sp³-hybridized carbons (Fsp3) is 0.300. The summed E-state index contributed by atoms with van der Waals surface area (Å²) in [6.45, 7) is 0. The molecule has 2 N–H and O–H groups in total. The molecule has 1 aromatic carbocycles. The number of nitrogens with one attached hydrogen (secondary N) is 1. The van der Waals surface area contributed by atoms with Crippen molar-refractivity contribution in [3.63, 3.8) is 0 Å². The molecule has 1 rings (SSSR count). The van der Waals surface area contributed by atoms with E-state index in [1.165, 1.54) is 3.61 Å². The van der Waals surface area contributed by atoms with Gasteiger partial charge in [-0.05, 0) is 0 Å². The standard InChI is InChI=1S/C10H13NO2STe/c12-10(13)9(6-7-14)11-15-8-4-2-1-3-5-8/h1-5,9,11,14H,6-7H2,(H,12,13). The Morgan fingerprint density at radius 2 is 2.13 bits per heavy atom. The molecule has 15 heavy (non-hydrogen) atoms. The molecular weight excluding hydrogens is 326 g/mol. The van der Waals surface area contributed by atoms with E-state index >= 15 is 0 Å². The van der Waals surface area contributed by atoms with Crippen molar-refractivity contribution in [3.8, 4) is 0 Å². The molecule has 0 aliphatic rings. The number of rotatable bonds is 6. The summed E-state index contributed by atoms with van der Waals surface area (Å²) in [5.74, 6) is -0.198. The van der Waals surface area contributed by atoms with E-state index in [0.29, 0.717) is 12.2 Å². The van der Waals surface area contributed by atoms with Gasteiger partial charge in [-0.2, -0.15) is 0 Å². The van der Waals surface area contributed by atoms with E-state index in [2.05, 4.69) is 16.2 Å². The summed E-state index contributed by atoms with van der Waals surface area (Å²) in [7, 11) is 0. The van der Waals surface area contributed by atoms with Gasteiger partial charge in [0.15, 0.2) is 0 Å². The quantitative estimate of drug-likeness (QED) is 0.516. The summed E-state index contributed by atoms with van der Waals surface area (Å²) in [5, 5.41) is 8.91. The van der Waals surface area contributed by atoms with Crippen molar-refractivity contribution in [1.82, 2.24) is 3.57 Å². The molecule has 0 aromatic heterocycles. The maximum absolute atomic E-state index is 10.8. The van der Waals surface area contributed by atoms with Gasteiger partial charge in [0.2, 0.25) is 0 Å². The van der Waals surface area contributed by atoms with Crippen molar-refractivity contribution in [2.24, 2.45) is 0 Å². The van der Waals surface area contributed by atoms with Crippen molar-refractivity contribution >= 4 is 43.4 Å². The summed E-state index contributed by atoms with van der Waals surface area (Å²) in [6.07, 6.45) is 0.566. The van der Waals surface area contributed by atoms with Gasteiger partial charge in [0, 0.05) is 0 Å². The van der Waals surface area contributed by atoms with Gasteiger partial charge >= 0.3 is 105 Å². The molecule has 0 saturated heterocycles. The Morgan fingerprint density at radius 3 is 2.67 bits per heavy atom. The van der Waals surface area contributed by atoms with E-state index in [0.717, 1.165) is 0 Å². The average Bonchev–Trinajstić information content (AvgIpc) is 2.25. The fourth-order valence-electron chi connectivity index (χ4n) is 0.990. The molecule has 0 spiro atoms. The molecule has 1 atom stereocenters. The third-order valence-electron chi connectivity index (χ3n) is 1.78. The first kappa shape index (κ1) is 12.9. The van der Waals surface area contributed by atoms with Gasteiger partial charge in [-0.25, -0.2) is 0 Å². The summed E-state index contributed by atoms with van der Waals surface area (Å²) in [5.41, 5.74) is 0. The number of carboxylic acid groups (broad SMARTS) is 1. The van der Waals surface area contributed by atoms with Gasteiger partial charge < -0.3 is 0 Å². The van der Waals surface area contributed by atoms with E-state index < -0.39 is 33.2 Å². The zero-order valence-electron chi connectivity index (χ0n) is 8.09. The minimum absolute atomic E-state index is 0.454. The molecule has 0 bridgehead atoms. The maximum atomic E-state index is 10.8. The van der Waals surface area contributed by atoms with Crippen LogP contribution in [0.1, 0.15) is 6.42 Å². The van der Waals surface area contributed by atoms with Crippen LogP contribution in [0.4, 0.5) is 0 Å². The Kier molecular flexibility index (Phi) is 6.11. The first-order valence-corrected chi connectivity index (χ1v) is 7.51. The predicted molar refractivity (Wildman–Crippen MR) is 64.9 cm³/mol. The summed E-state index contributed by atoms with van der Waals surface area (Å²) in [6, 6.07) is 9.49. The second-order valence-electron chi connectivity index (χ2n) is 2.94. The molecule has 0 saturated carbocycles. The fourth-order valence-corrected chi connectivity index (χ4v) is 3.50. The number of hydrogen-bond acceptors (Lipinski definition) is 3. The molecule has 0 fully saturated rings. The van der Waals surface area contributed by atoms with Crippen LogP contribution in [0.5, 0.6) is 0 Å². The molecule has 1 unspecified atom stereocenters. The number of benzene rings is 1. The third kappa shape index (κ3) is 4.89. The van der Waals surface area contributed by atoms with Crippen molar-refractivity contribution in [3.05, 3.63) is 30.3 Å². The van der Waals surface area contributed by atoms with Gasteiger partial charge in [-0.15, -0.1) is 0 Å². The van der Waals surface area contributed by atoms with E-state index in [-0.39, 0.29) is 0 Å². The summed E-state index contributed by atoms with van der Waals surface area (Å²) < 4.78 is 4.33. The number of aliphatic carboxylic acids is 1. The molecule has 0 aliphatic heterocycles. The molecular formula is C10H13NO2STe. The Hall–Kier alpha value is -0.210. The van der Waals surface area contributed by atoms with E-state index in [1.54, 1.807) is 0 Å². The monoisotopic (exact) mass is 341 g/mol.